The van der Waals surface area contributed by atoms with Gasteiger partial charge in [-0.05, 0) is 34.9 Å². The summed E-state index contributed by atoms with van der Waals surface area (Å²) in [6, 6.07) is 5.82. The van der Waals surface area contributed by atoms with Gasteiger partial charge in [-0.1, -0.05) is 23.7 Å². The molecule has 1 N–H and O–H groups in total. The van der Waals surface area contributed by atoms with E-state index >= 15 is 0 Å². The predicted molar refractivity (Wildman–Crippen MR) is 57.2 cm³/mol. The van der Waals surface area contributed by atoms with Crippen molar-refractivity contribution in [2.24, 2.45) is 0 Å². The summed E-state index contributed by atoms with van der Waals surface area (Å²) >= 11 is 5.93. The van der Waals surface area contributed by atoms with Crippen LogP contribution in [0.1, 0.15) is 11.1 Å². The third-order valence-electron chi connectivity index (χ3n) is 3.23. The molecular formula is C12H7ClO2. The highest BCUT2D eigenvalue weighted by Crippen LogP contribution is 2.57. The van der Waals surface area contributed by atoms with Crippen molar-refractivity contribution in [2.75, 3.05) is 0 Å². The molecule has 2 unspecified atom stereocenters. The number of allylic oxidation sites excluding steroid dienone is 2. The van der Waals surface area contributed by atoms with Crippen LogP contribution in [0.3, 0.4) is 0 Å². The van der Waals surface area contributed by atoms with Gasteiger partial charge in [-0.2, -0.15) is 0 Å². The first kappa shape index (κ1) is 8.11. The Bertz CT molecular complexity index is 559. The van der Waals surface area contributed by atoms with Gasteiger partial charge in [-0.15, -0.1) is 0 Å². The van der Waals surface area contributed by atoms with Crippen LogP contribution in [0.2, 0.25) is 5.02 Å². The fraction of sp³-hybridized carbons (Fsp3) is 0.167. The summed E-state index contributed by atoms with van der Waals surface area (Å²) < 4.78 is 5.26. The van der Waals surface area contributed by atoms with E-state index in [1.807, 2.05) is 24.3 Å². The van der Waals surface area contributed by atoms with Gasteiger partial charge in [0.25, 0.3) is 0 Å². The van der Waals surface area contributed by atoms with Crippen molar-refractivity contribution in [1.29, 1.82) is 0 Å². The lowest BCUT2D eigenvalue weighted by molar-refractivity contribution is 0.0826. The molecule has 15 heavy (non-hydrogen) atoms. The van der Waals surface area contributed by atoms with Crippen molar-refractivity contribution in [1.82, 2.24) is 0 Å². The van der Waals surface area contributed by atoms with Crippen molar-refractivity contribution >= 4 is 22.7 Å². The maximum Gasteiger partial charge on any atom is 0.218 e. The Morgan fingerprint density at radius 3 is 3.07 bits per heavy atom. The molecule has 1 aromatic carbocycles. The van der Waals surface area contributed by atoms with Crippen LogP contribution in [0.5, 0.6) is 0 Å². The normalized spacial score (nSPS) is 34.1. The molecule has 1 aromatic rings. The van der Waals surface area contributed by atoms with Gasteiger partial charge in [-0.25, -0.2) is 0 Å². The molecule has 1 aliphatic heterocycles. The van der Waals surface area contributed by atoms with Gasteiger partial charge in [0.05, 0.1) is 0 Å². The lowest BCUT2D eigenvalue weighted by atomic mass is 9.75. The third-order valence-corrected chi connectivity index (χ3v) is 3.46. The molecule has 0 bridgehead atoms. The van der Waals surface area contributed by atoms with Crippen molar-refractivity contribution < 1.29 is 9.84 Å². The minimum Gasteiger partial charge on any atom is -0.360 e. The summed E-state index contributed by atoms with van der Waals surface area (Å²) in [5.41, 5.74) is 4.58. The highest BCUT2D eigenvalue weighted by atomic mass is 35.5. The molecule has 0 saturated carbocycles. The Morgan fingerprint density at radius 2 is 2.20 bits per heavy atom. The van der Waals surface area contributed by atoms with Crippen molar-refractivity contribution in [3.63, 3.8) is 0 Å². The van der Waals surface area contributed by atoms with Gasteiger partial charge < -0.3 is 9.84 Å². The second-order valence-corrected chi connectivity index (χ2v) is 4.54. The molecule has 2 aliphatic carbocycles. The maximum atomic E-state index is 9.79. The first-order valence-corrected chi connectivity index (χ1v) is 5.21. The number of rotatable bonds is 0. The smallest absolute Gasteiger partial charge is 0.218 e. The number of epoxide rings is 1. The van der Waals surface area contributed by atoms with Crippen LogP contribution in [0.25, 0.3) is 11.1 Å². The Balaban J connectivity index is 1.91. The van der Waals surface area contributed by atoms with Gasteiger partial charge in [0, 0.05) is 10.6 Å². The molecule has 2 nitrogen and oxygen atoms in total. The van der Waals surface area contributed by atoms with Crippen LogP contribution < -0.4 is 0 Å². The van der Waals surface area contributed by atoms with E-state index < -0.39 is 5.79 Å². The zero-order valence-electron chi connectivity index (χ0n) is 7.70. The molecule has 0 spiro atoms. The van der Waals surface area contributed by atoms with E-state index in [1.54, 1.807) is 6.08 Å². The zero-order valence-corrected chi connectivity index (χ0v) is 8.45. The third kappa shape index (κ3) is 0.835. The van der Waals surface area contributed by atoms with Crippen LogP contribution in [-0.4, -0.2) is 17.0 Å². The highest BCUT2D eigenvalue weighted by molar-refractivity contribution is 6.31. The molecule has 0 amide bonds. The molecule has 4 rings (SSSR count). The predicted octanol–water partition coefficient (Wildman–Crippen LogP) is 2.22. The second-order valence-electron chi connectivity index (χ2n) is 4.10. The van der Waals surface area contributed by atoms with Crippen molar-refractivity contribution in [3.05, 3.63) is 46.5 Å². The van der Waals surface area contributed by atoms with E-state index in [4.69, 9.17) is 16.3 Å². The Labute approximate surface area is 91.4 Å². The molecular weight excluding hydrogens is 212 g/mol. The van der Waals surface area contributed by atoms with Crippen LogP contribution in [0.4, 0.5) is 0 Å². The van der Waals surface area contributed by atoms with Crippen molar-refractivity contribution in [3.8, 4) is 0 Å². The summed E-state index contributed by atoms with van der Waals surface area (Å²) in [5, 5.41) is 10.5. The summed E-state index contributed by atoms with van der Waals surface area (Å²) in [6.07, 6.45) is 3.46. The number of benzene rings is 1. The minimum absolute atomic E-state index is 0.177. The monoisotopic (exact) mass is 218 g/mol. The van der Waals surface area contributed by atoms with Gasteiger partial charge in [-0.3, -0.25) is 0 Å². The van der Waals surface area contributed by atoms with Crippen LogP contribution in [0, 0.1) is 0 Å². The van der Waals surface area contributed by atoms with Crippen LogP contribution >= 0.6 is 11.6 Å². The molecule has 2 atom stereocenters. The lowest BCUT2D eigenvalue weighted by Gasteiger charge is -2.27. The fourth-order valence-electron chi connectivity index (χ4n) is 2.41. The number of hydrogen-bond acceptors (Lipinski definition) is 2. The van der Waals surface area contributed by atoms with E-state index in [0.29, 0.717) is 0 Å². The molecule has 74 valence electrons. The van der Waals surface area contributed by atoms with E-state index in [0.717, 1.165) is 16.2 Å². The zero-order chi connectivity index (χ0) is 10.2. The van der Waals surface area contributed by atoms with E-state index in [1.165, 1.54) is 11.1 Å². The number of halogens is 1. The van der Waals surface area contributed by atoms with E-state index in [2.05, 4.69) is 0 Å². The van der Waals surface area contributed by atoms with Crippen LogP contribution in [-0.2, 0) is 4.74 Å². The summed E-state index contributed by atoms with van der Waals surface area (Å²) in [6.45, 7) is 0. The Hall–Kier alpha value is -1.09. The van der Waals surface area contributed by atoms with Gasteiger partial charge in [0.1, 0.15) is 6.10 Å². The van der Waals surface area contributed by atoms with Crippen molar-refractivity contribution in [2.45, 2.75) is 11.9 Å². The minimum atomic E-state index is -1.04. The lowest BCUT2D eigenvalue weighted by Crippen LogP contribution is -2.20. The van der Waals surface area contributed by atoms with Crippen LogP contribution in [0.15, 0.2) is 30.4 Å². The fourth-order valence-corrected chi connectivity index (χ4v) is 2.59. The highest BCUT2D eigenvalue weighted by Gasteiger charge is 2.60. The Morgan fingerprint density at radius 1 is 1.33 bits per heavy atom. The van der Waals surface area contributed by atoms with Gasteiger partial charge in [0.15, 0.2) is 0 Å². The standard InChI is InChI=1S/C12H7ClO2/c13-6-1-2-7-8-3-4-12(14)11(15-12)10(8)9(7)5-6/h1-5,11,14H. The average molecular weight is 219 g/mol. The topological polar surface area (TPSA) is 32.8 Å². The molecule has 1 fully saturated rings. The second kappa shape index (κ2) is 2.19. The summed E-state index contributed by atoms with van der Waals surface area (Å²) in [7, 11) is 0. The molecule has 1 saturated heterocycles. The van der Waals surface area contributed by atoms with E-state index in [9.17, 15) is 5.11 Å². The van der Waals surface area contributed by atoms with Gasteiger partial charge >= 0.3 is 0 Å². The molecule has 3 heteroatoms. The first-order chi connectivity index (χ1) is 7.19. The number of fused-ring (bicyclic) bond motifs is 5. The summed E-state index contributed by atoms with van der Waals surface area (Å²) in [4.78, 5) is 0. The van der Waals surface area contributed by atoms with E-state index in [-0.39, 0.29) is 6.10 Å². The SMILES string of the molecule is OC12C=CC3=C(c4cc(Cl)ccc43)C1O2. The number of aliphatic hydroxyl groups is 1. The first-order valence-electron chi connectivity index (χ1n) is 4.83. The quantitative estimate of drug-likeness (QED) is 0.678. The number of ether oxygens (including phenoxy) is 1. The molecule has 0 aromatic heterocycles. The average Bonchev–Trinajstić information content (AvgIpc) is 2.84. The Kier molecular flexibility index (Phi) is 1.18. The van der Waals surface area contributed by atoms with Gasteiger partial charge in [0.2, 0.25) is 5.79 Å². The molecule has 1 heterocycles. The summed E-state index contributed by atoms with van der Waals surface area (Å²) in [5.74, 6) is -1.04. The maximum absolute atomic E-state index is 9.79. The largest absolute Gasteiger partial charge is 0.360 e. The molecule has 0 radical (unpaired) electrons. The molecule has 3 aliphatic rings. The number of hydrogen-bond donors (Lipinski definition) is 1.